The number of carbonyl (C=O) groups excluding carboxylic acids is 1. The third-order valence-corrected chi connectivity index (χ3v) is 4.46. The average Bonchev–Trinajstić information content (AvgIpc) is 2.69. The van der Waals surface area contributed by atoms with Crippen LogP contribution in [-0.4, -0.2) is 46.7 Å². The quantitative estimate of drug-likeness (QED) is 0.471. The molecule has 0 bridgehead atoms. The average molecular weight is 418 g/mol. The number of hydrogen-bond acceptors (Lipinski definition) is 8. The molecule has 1 aliphatic heterocycles. The summed E-state index contributed by atoms with van der Waals surface area (Å²) in [6, 6.07) is 7.03. The molecule has 0 spiro atoms. The smallest absolute Gasteiger partial charge is 0.345 e. The SMILES string of the molecule is COCOc1cc(C)c(-c2cc(OC)cc3c2C(=O)OC(C)(C)O3)cc1OCOC. The van der Waals surface area contributed by atoms with Crippen LogP contribution < -0.4 is 18.9 Å². The first-order chi connectivity index (χ1) is 14.3. The normalized spacial score (nSPS) is 14.4. The highest BCUT2D eigenvalue weighted by molar-refractivity contribution is 6.02. The van der Waals surface area contributed by atoms with Crippen molar-refractivity contribution in [2.75, 3.05) is 34.9 Å². The molecule has 0 fully saturated rings. The first-order valence-corrected chi connectivity index (χ1v) is 9.32. The van der Waals surface area contributed by atoms with E-state index in [4.69, 9.17) is 33.2 Å². The molecule has 1 heterocycles. The van der Waals surface area contributed by atoms with E-state index in [0.29, 0.717) is 34.1 Å². The second-order valence-corrected chi connectivity index (χ2v) is 7.16. The minimum atomic E-state index is -1.08. The lowest BCUT2D eigenvalue weighted by molar-refractivity contribution is -0.127. The maximum Gasteiger partial charge on any atom is 0.345 e. The van der Waals surface area contributed by atoms with Crippen molar-refractivity contribution in [2.45, 2.75) is 26.6 Å². The fourth-order valence-corrected chi connectivity index (χ4v) is 3.19. The number of carbonyl (C=O) groups is 1. The van der Waals surface area contributed by atoms with Gasteiger partial charge < -0.3 is 33.2 Å². The van der Waals surface area contributed by atoms with Crippen molar-refractivity contribution in [3.63, 3.8) is 0 Å². The zero-order valence-electron chi connectivity index (χ0n) is 18.0. The second-order valence-electron chi connectivity index (χ2n) is 7.16. The minimum absolute atomic E-state index is 0.0292. The first kappa shape index (κ1) is 21.7. The Kier molecular flexibility index (Phi) is 6.38. The molecule has 8 nitrogen and oxygen atoms in total. The van der Waals surface area contributed by atoms with E-state index in [0.717, 1.165) is 11.1 Å². The molecular formula is C22H26O8. The zero-order chi connectivity index (χ0) is 21.9. The number of ether oxygens (including phenoxy) is 7. The number of rotatable bonds is 8. The number of cyclic esters (lactones) is 1. The summed E-state index contributed by atoms with van der Waals surface area (Å²) in [6.45, 7) is 5.35. The molecule has 8 heteroatoms. The molecule has 0 radical (unpaired) electrons. The lowest BCUT2D eigenvalue weighted by atomic mass is 9.93. The van der Waals surface area contributed by atoms with Crippen molar-refractivity contribution in [3.05, 3.63) is 35.4 Å². The molecule has 30 heavy (non-hydrogen) atoms. The third kappa shape index (κ3) is 4.44. The maximum absolute atomic E-state index is 12.8. The van der Waals surface area contributed by atoms with Crippen molar-refractivity contribution < 1.29 is 38.0 Å². The van der Waals surface area contributed by atoms with Gasteiger partial charge in [0.05, 0.1) is 7.11 Å². The monoisotopic (exact) mass is 418 g/mol. The van der Waals surface area contributed by atoms with Gasteiger partial charge in [-0.15, -0.1) is 0 Å². The number of esters is 1. The number of hydrogen-bond donors (Lipinski definition) is 0. The molecule has 0 saturated carbocycles. The van der Waals surface area contributed by atoms with Crippen molar-refractivity contribution in [1.82, 2.24) is 0 Å². The summed E-state index contributed by atoms with van der Waals surface area (Å²) < 4.78 is 38.1. The minimum Gasteiger partial charge on any atom is -0.497 e. The summed E-state index contributed by atoms with van der Waals surface area (Å²) in [7, 11) is 4.62. The second kappa shape index (κ2) is 8.81. The van der Waals surface area contributed by atoms with Gasteiger partial charge in [0.15, 0.2) is 25.1 Å². The van der Waals surface area contributed by atoms with E-state index in [1.165, 1.54) is 14.2 Å². The van der Waals surface area contributed by atoms with Gasteiger partial charge >= 0.3 is 5.97 Å². The zero-order valence-corrected chi connectivity index (χ0v) is 18.0. The molecule has 2 aromatic carbocycles. The Morgan fingerprint density at radius 3 is 2.10 bits per heavy atom. The van der Waals surface area contributed by atoms with Gasteiger partial charge in [-0.25, -0.2) is 4.79 Å². The Hall–Kier alpha value is -2.97. The summed E-state index contributed by atoms with van der Waals surface area (Å²) >= 11 is 0. The maximum atomic E-state index is 12.8. The van der Waals surface area contributed by atoms with Crippen LogP contribution in [0.2, 0.25) is 0 Å². The first-order valence-electron chi connectivity index (χ1n) is 9.32. The molecule has 0 atom stereocenters. The van der Waals surface area contributed by atoms with Gasteiger partial charge in [-0.3, -0.25) is 0 Å². The summed E-state index contributed by atoms with van der Waals surface area (Å²) in [6.07, 6.45) is 0. The molecule has 0 aromatic heterocycles. The molecule has 0 saturated heterocycles. The lowest BCUT2D eigenvalue weighted by Crippen LogP contribution is -2.39. The van der Waals surface area contributed by atoms with E-state index in [2.05, 4.69) is 0 Å². The van der Waals surface area contributed by atoms with Gasteiger partial charge in [0.25, 0.3) is 0 Å². The predicted molar refractivity (Wildman–Crippen MR) is 108 cm³/mol. The van der Waals surface area contributed by atoms with E-state index >= 15 is 0 Å². The third-order valence-electron chi connectivity index (χ3n) is 4.46. The molecular weight excluding hydrogens is 392 g/mol. The Balaban J connectivity index is 2.18. The fourth-order valence-electron chi connectivity index (χ4n) is 3.19. The van der Waals surface area contributed by atoms with Gasteiger partial charge in [0, 0.05) is 39.7 Å². The van der Waals surface area contributed by atoms with Gasteiger partial charge in [-0.2, -0.15) is 0 Å². The number of aryl methyl sites for hydroxylation is 1. The molecule has 0 amide bonds. The highest BCUT2D eigenvalue weighted by atomic mass is 16.7. The van der Waals surface area contributed by atoms with Crippen LogP contribution in [0.3, 0.4) is 0 Å². The Labute approximate surface area is 175 Å². The topological polar surface area (TPSA) is 81.7 Å². The Morgan fingerprint density at radius 1 is 0.867 bits per heavy atom. The van der Waals surface area contributed by atoms with Gasteiger partial charge in [-0.1, -0.05) is 0 Å². The van der Waals surface area contributed by atoms with Crippen LogP contribution in [0.5, 0.6) is 23.0 Å². The van der Waals surface area contributed by atoms with E-state index in [9.17, 15) is 4.79 Å². The number of benzene rings is 2. The highest BCUT2D eigenvalue weighted by Crippen LogP contribution is 2.44. The number of fused-ring (bicyclic) bond motifs is 1. The molecule has 0 N–H and O–H groups in total. The Bertz CT molecular complexity index is 935. The van der Waals surface area contributed by atoms with E-state index in [1.54, 1.807) is 39.2 Å². The molecule has 0 aliphatic carbocycles. The van der Waals surface area contributed by atoms with Crippen LogP contribution in [0, 0.1) is 6.92 Å². The van der Waals surface area contributed by atoms with Crippen molar-refractivity contribution >= 4 is 5.97 Å². The molecule has 2 aromatic rings. The molecule has 3 rings (SSSR count). The van der Waals surface area contributed by atoms with E-state index < -0.39 is 11.8 Å². The summed E-state index contributed by atoms with van der Waals surface area (Å²) in [5.74, 6) is 0.324. The van der Waals surface area contributed by atoms with Gasteiger partial charge in [0.1, 0.15) is 17.1 Å². The predicted octanol–water partition coefficient (Wildman–Crippen LogP) is 3.92. The fraction of sp³-hybridized carbons (Fsp3) is 0.409. The highest BCUT2D eigenvalue weighted by Gasteiger charge is 2.36. The van der Waals surface area contributed by atoms with E-state index in [1.807, 2.05) is 13.0 Å². The van der Waals surface area contributed by atoms with Crippen LogP contribution in [0.25, 0.3) is 11.1 Å². The van der Waals surface area contributed by atoms with Gasteiger partial charge in [-0.05, 0) is 36.2 Å². The summed E-state index contributed by atoms with van der Waals surface area (Å²) in [5.41, 5.74) is 2.50. The van der Waals surface area contributed by atoms with Crippen molar-refractivity contribution in [3.8, 4) is 34.1 Å². The molecule has 162 valence electrons. The molecule has 1 aliphatic rings. The Morgan fingerprint density at radius 2 is 1.50 bits per heavy atom. The van der Waals surface area contributed by atoms with Crippen LogP contribution >= 0.6 is 0 Å². The van der Waals surface area contributed by atoms with Crippen LogP contribution in [0.4, 0.5) is 0 Å². The number of methoxy groups -OCH3 is 3. The lowest BCUT2D eigenvalue weighted by Gasteiger charge is -2.33. The summed E-state index contributed by atoms with van der Waals surface area (Å²) in [5, 5.41) is 0. The largest absolute Gasteiger partial charge is 0.497 e. The van der Waals surface area contributed by atoms with Crippen LogP contribution in [0.15, 0.2) is 24.3 Å². The van der Waals surface area contributed by atoms with Crippen LogP contribution in [-0.2, 0) is 14.2 Å². The van der Waals surface area contributed by atoms with Gasteiger partial charge in [0.2, 0.25) is 5.79 Å². The van der Waals surface area contributed by atoms with Crippen molar-refractivity contribution in [2.24, 2.45) is 0 Å². The van der Waals surface area contributed by atoms with Crippen molar-refractivity contribution in [1.29, 1.82) is 0 Å². The van der Waals surface area contributed by atoms with Crippen LogP contribution in [0.1, 0.15) is 29.8 Å². The molecule has 0 unspecified atom stereocenters. The van der Waals surface area contributed by atoms with E-state index in [-0.39, 0.29) is 13.6 Å². The standard InChI is InChI=1S/C22H26O8/c1-13-7-17(27-11-24-4)18(28-12-25-5)10-15(13)16-8-14(26-6)9-19-20(16)21(23)30-22(2,3)29-19/h7-10H,11-12H2,1-6H3. The summed E-state index contributed by atoms with van der Waals surface area (Å²) in [4.78, 5) is 12.8.